The summed E-state index contributed by atoms with van der Waals surface area (Å²) >= 11 is 12.9. The maximum Gasteiger partial charge on any atom is 0.403 e. The van der Waals surface area contributed by atoms with E-state index in [1.165, 1.54) is 28.8 Å². The van der Waals surface area contributed by atoms with Gasteiger partial charge in [0.25, 0.3) is 0 Å². The van der Waals surface area contributed by atoms with Gasteiger partial charge in [-0.2, -0.15) is 13.2 Å². The van der Waals surface area contributed by atoms with Crippen molar-refractivity contribution in [2.75, 3.05) is 34.2 Å². The zero-order chi connectivity index (χ0) is 48.7. The van der Waals surface area contributed by atoms with Crippen molar-refractivity contribution in [3.8, 4) is 0 Å². The molecule has 5 rings (SSSR count). The van der Waals surface area contributed by atoms with Crippen molar-refractivity contribution in [2.24, 2.45) is 17.3 Å². The summed E-state index contributed by atoms with van der Waals surface area (Å²) in [4.78, 5) is 105. The number of alkyl halides is 3. The van der Waals surface area contributed by atoms with Crippen LogP contribution in [-0.4, -0.2) is 138 Å². The number of benzene rings is 1. The number of carbonyl (C=O) groups excluding carboxylic acids is 7. The molecule has 1 aromatic rings. The number of hydrogen-bond donors (Lipinski definition) is 3. The highest BCUT2D eigenvalue weighted by atomic mass is 35.5. The number of likely N-dealkylation sites (tertiary alicyclic amines) is 1. The van der Waals surface area contributed by atoms with Gasteiger partial charge >= 0.3 is 6.18 Å². The molecule has 2 aliphatic carbocycles. The molecule has 0 spiro atoms. The Labute approximate surface area is 396 Å². The van der Waals surface area contributed by atoms with Crippen LogP contribution < -0.4 is 16.0 Å². The maximum atomic E-state index is 14.7. The lowest BCUT2D eigenvalue weighted by Gasteiger charge is -2.41. The first-order valence-electron chi connectivity index (χ1n) is 23.6. The van der Waals surface area contributed by atoms with Gasteiger partial charge in [0.15, 0.2) is 0 Å². The average Bonchev–Trinajstić information content (AvgIpc) is 3.96. The van der Waals surface area contributed by atoms with Crippen LogP contribution in [0, 0.1) is 17.3 Å². The summed E-state index contributed by atoms with van der Waals surface area (Å²) in [7, 11) is 4.50. The summed E-state index contributed by atoms with van der Waals surface area (Å²) in [6, 6.07) is -2.00. The third-order valence-electron chi connectivity index (χ3n) is 14.0. The van der Waals surface area contributed by atoms with E-state index in [0.29, 0.717) is 41.3 Å². The molecule has 0 unspecified atom stereocenters. The molecule has 368 valence electrons. The Morgan fingerprint density at radius 1 is 0.864 bits per heavy atom. The maximum absolute atomic E-state index is 14.7. The molecule has 2 heterocycles. The molecular weight excluding hydrogens is 902 g/mol. The molecule has 2 saturated carbocycles. The van der Waals surface area contributed by atoms with E-state index in [2.05, 4.69) is 16.0 Å². The van der Waals surface area contributed by atoms with Crippen molar-refractivity contribution < 1.29 is 46.7 Å². The highest BCUT2D eigenvalue weighted by molar-refractivity contribution is 6.33. The first-order chi connectivity index (χ1) is 31.1. The van der Waals surface area contributed by atoms with Crippen LogP contribution in [0.3, 0.4) is 0 Å². The molecule has 2 saturated heterocycles. The first-order valence-corrected chi connectivity index (χ1v) is 24.4. The fourth-order valence-corrected chi connectivity index (χ4v) is 10.1. The number of likely N-dealkylation sites (N-methyl/N-ethyl adjacent to an activating group) is 3. The van der Waals surface area contributed by atoms with Crippen LogP contribution in [0.5, 0.6) is 0 Å². The number of amides is 7. The molecule has 7 amide bonds. The third-order valence-corrected chi connectivity index (χ3v) is 14.6. The summed E-state index contributed by atoms with van der Waals surface area (Å²) in [5, 5.41) is 9.23. The zero-order valence-corrected chi connectivity index (χ0v) is 40.6. The van der Waals surface area contributed by atoms with E-state index in [9.17, 15) is 46.7 Å². The molecule has 4 fully saturated rings. The number of halogens is 5. The Balaban J connectivity index is 1.43. The quantitative estimate of drug-likeness (QED) is 0.229. The molecule has 19 heteroatoms. The Morgan fingerprint density at radius 3 is 2.15 bits per heavy atom. The number of hydrogen-bond acceptors (Lipinski definition) is 7. The van der Waals surface area contributed by atoms with E-state index in [0.717, 1.165) is 17.7 Å². The summed E-state index contributed by atoms with van der Waals surface area (Å²) in [6.07, 6.45) is -0.814. The van der Waals surface area contributed by atoms with Crippen molar-refractivity contribution in [3.63, 3.8) is 0 Å². The van der Waals surface area contributed by atoms with Crippen molar-refractivity contribution >= 4 is 64.6 Å². The summed E-state index contributed by atoms with van der Waals surface area (Å²) in [6.45, 7) is 5.76. The highest BCUT2D eigenvalue weighted by Gasteiger charge is 2.62. The van der Waals surface area contributed by atoms with Gasteiger partial charge in [-0.3, -0.25) is 33.6 Å². The van der Waals surface area contributed by atoms with Crippen molar-refractivity contribution in [3.05, 3.63) is 33.8 Å². The topological polar surface area (TPSA) is 169 Å². The van der Waals surface area contributed by atoms with Crippen LogP contribution in [0.25, 0.3) is 0 Å². The summed E-state index contributed by atoms with van der Waals surface area (Å²) < 4.78 is 43.9. The van der Waals surface area contributed by atoms with Gasteiger partial charge in [0.05, 0.1) is 0 Å². The Morgan fingerprint density at radius 2 is 1.53 bits per heavy atom. The van der Waals surface area contributed by atoms with E-state index in [4.69, 9.17) is 23.2 Å². The molecule has 14 nitrogen and oxygen atoms in total. The molecule has 1 aromatic carbocycles. The van der Waals surface area contributed by atoms with E-state index < -0.39 is 83.3 Å². The zero-order valence-electron chi connectivity index (χ0n) is 39.1. The van der Waals surface area contributed by atoms with Crippen LogP contribution in [0.1, 0.15) is 123 Å². The molecule has 0 bridgehead atoms. The first kappa shape index (κ1) is 52.8. The molecule has 2 aliphatic heterocycles. The second-order valence-corrected chi connectivity index (χ2v) is 20.2. The van der Waals surface area contributed by atoms with E-state index >= 15 is 0 Å². The van der Waals surface area contributed by atoms with Crippen molar-refractivity contribution in [1.29, 1.82) is 0 Å². The Kier molecular flexibility index (Phi) is 18.2. The predicted molar refractivity (Wildman–Crippen MR) is 244 cm³/mol. The van der Waals surface area contributed by atoms with E-state index in [1.54, 1.807) is 32.2 Å². The second kappa shape index (κ2) is 22.8. The minimum absolute atomic E-state index is 0.0107. The largest absolute Gasteiger partial charge is 0.403 e. The minimum Gasteiger partial charge on any atom is -0.344 e. The lowest BCUT2D eigenvalue weighted by molar-refractivity contribution is -0.236. The Hall–Kier alpha value is -4.12. The normalized spacial score (nSPS) is 25.6. The fourth-order valence-electron chi connectivity index (χ4n) is 9.75. The van der Waals surface area contributed by atoms with Crippen molar-refractivity contribution in [1.82, 2.24) is 35.6 Å². The molecule has 0 aromatic heterocycles. The fraction of sp³-hybridized carbons (Fsp3) is 0.723. The van der Waals surface area contributed by atoms with Gasteiger partial charge in [-0.25, -0.2) is 0 Å². The summed E-state index contributed by atoms with van der Waals surface area (Å²) in [5.74, 6) is -4.63. The molecular formula is C47H68Cl2F3N7O7. The number of nitrogens with one attached hydrogen (secondary N) is 3. The minimum atomic E-state index is -4.79. The lowest BCUT2D eigenvalue weighted by atomic mass is 9.72. The van der Waals surface area contributed by atoms with Gasteiger partial charge < -0.3 is 35.6 Å². The van der Waals surface area contributed by atoms with E-state index in [-0.39, 0.29) is 95.0 Å². The van der Waals surface area contributed by atoms with Crippen molar-refractivity contribution in [2.45, 2.75) is 166 Å². The van der Waals surface area contributed by atoms with Gasteiger partial charge in [0.2, 0.25) is 41.4 Å². The smallest absolute Gasteiger partial charge is 0.344 e. The number of rotatable bonds is 12. The lowest BCUT2D eigenvalue weighted by Crippen LogP contribution is -2.61. The van der Waals surface area contributed by atoms with Gasteiger partial charge in [-0.15, -0.1) is 0 Å². The van der Waals surface area contributed by atoms with Gasteiger partial charge in [-0.1, -0.05) is 76.1 Å². The average molecular weight is 971 g/mol. The van der Waals surface area contributed by atoms with Gasteiger partial charge in [-0.05, 0) is 99.8 Å². The number of carbonyl (C=O) groups is 7. The summed E-state index contributed by atoms with van der Waals surface area (Å²) in [5.41, 5.74) is -2.08. The second-order valence-electron chi connectivity index (χ2n) is 19.3. The molecule has 3 N–H and O–H groups in total. The van der Waals surface area contributed by atoms with Crippen LogP contribution in [-0.2, 0) is 40.0 Å². The van der Waals surface area contributed by atoms with Crippen LogP contribution in [0.15, 0.2) is 18.2 Å². The Bertz CT molecular complexity index is 1950. The van der Waals surface area contributed by atoms with Gasteiger partial charge in [0, 0.05) is 50.7 Å². The van der Waals surface area contributed by atoms with E-state index in [1.807, 2.05) is 13.8 Å². The molecule has 0 radical (unpaired) electrons. The third kappa shape index (κ3) is 12.7. The van der Waals surface area contributed by atoms with Crippen LogP contribution >= 0.6 is 23.2 Å². The monoisotopic (exact) mass is 969 g/mol. The molecule has 66 heavy (non-hydrogen) atoms. The SMILES string of the molecule is CC[C@H]1NC(=O)[C@H](Cc2cc(Cl)ccc2Cl)N(C)C(=O)[C@H](CC(C)C)NC(=O)[C@@H](N(C)C(=O)[C@H](CC2CC2)NC(=O)[C@@H]2CCCN2C(=O)C2(C(F)(F)F)CCCCC2)CCCCN(C)C1=O. The standard InChI is InChI=1S/C47H68Cl2F3N7O7/c1-7-33-42(63)56(4)22-12-9-14-36(39(60)54-34(24-28(2)3)43(64)58(6)38(41(62)53-33)27-30-26-31(48)18-19-32(30)49)57(5)44(65)35(25-29-16-17-29)55-40(61)37-15-13-23-59(37)45(66)46(47(50,51)52)20-10-8-11-21-46/h18-19,26,28-29,33-38H,7-17,20-25,27H2,1-6H3,(H,53,62)(H,54,60)(H,55,61)/t33-,34+,35+,36+,37+,38+/m1/s1. The highest BCUT2D eigenvalue weighted by Crippen LogP contribution is 2.51. The molecule has 4 aliphatic rings. The predicted octanol–water partition coefficient (Wildman–Crippen LogP) is 6.05. The van der Waals surface area contributed by atoms with Crippen LogP contribution in [0.4, 0.5) is 13.2 Å². The number of nitrogens with zero attached hydrogens (tertiary/aromatic N) is 4. The molecule has 6 atom stereocenters. The van der Waals surface area contributed by atoms with Gasteiger partial charge in [0.1, 0.15) is 41.7 Å². The van der Waals surface area contributed by atoms with Crippen LogP contribution in [0.2, 0.25) is 10.0 Å².